The predicted octanol–water partition coefficient (Wildman–Crippen LogP) is 2.36. The van der Waals surface area contributed by atoms with Crippen molar-refractivity contribution in [3.63, 3.8) is 0 Å². The fraction of sp³-hybridized carbons (Fsp3) is 0.833. The second-order valence-corrected chi connectivity index (χ2v) is 4.33. The Balaban J connectivity index is 2.12. The van der Waals surface area contributed by atoms with E-state index < -0.39 is 0 Å². The van der Waals surface area contributed by atoms with E-state index in [1.807, 2.05) is 6.08 Å². The molecule has 0 aromatic rings. The molecule has 0 aromatic carbocycles. The highest BCUT2D eigenvalue weighted by Gasteiger charge is 2.17. The molecule has 1 aliphatic heterocycles. The van der Waals surface area contributed by atoms with E-state index in [0.29, 0.717) is 18.1 Å². The molecule has 0 amide bonds. The van der Waals surface area contributed by atoms with E-state index in [4.69, 9.17) is 4.74 Å². The second-order valence-electron chi connectivity index (χ2n) is 4.33. The highest BCUT2D eigenvalue weighted by molar-refractivity contribution is 4.78. The second kappa shape index (κ2) is 6.20. The van der Waals surface area contributed by atoms with Crippen molar-refractivity contribution in [2.75, 3.05) is 13.2 Å². The van der Waals surface area contributed by atoms with Gasteiger partial charge in [0.15, 0.2) is 0 Å². The standard InChI is InChI=1S/C12H23NO/c1-4-6-10(2)11(3)13-9-12-7-5-8-14-12/h4,10-13H,1,5-9H2,2-3H3. The van der Waals surface area contributed by atoms with Gasteiger partial charge < -0.3 is 10.1 Å². The fourth-order valence-corrected chi connectivity index (χ4v) is 1.79. The Hall–Kier alpha value is -0.340. The number of allylic oxidation sites excluding steroid dienone is 1. The first-order valence-corrected chi connectivity index (χ1v) is 5.70. The molecule has 82 valence electrons. The molecule has 14 heavy (non-hydrogen) atoms. The maximum absolute atomic E-state index is 5.56. The van der Waals surface area contributed by atoms with E-state index in [9.17, 15) is 0 Å². The summed E-state index contributed by atoms with van der Waals surface area (Å²) in [5.41, 5.74) is 0. The van der Waals surface area contributed by atoms with Crippen LogP contribution in [0.4, 0.5) is 0 Å². The van der Waals surface area contributed by atoms with E-state index in [-0.39, 0.29) is 0 Å². The summed E-state index contributed by atoms with van der Waals surface area (Å²) in [6.07, 6.45) is 5.97. The molecule has 0 aromatic heterocycles. The first kappa shape index (κ1) is 11.7. The molecular weight excluding hydrogens is 174 g/mol. The number of hydrogen-bond donors (Lipinski definition) is 1. The molecule has 1 heterocycles. The molecule has 0 radical (unpaired) electrons. The summed E-state index contributed by atoms with van der Waals surface area (Å²) in [5, 5.41) is 3.54. The SMILES string of the molecule is C=CCC(C)C(C)NCC1CCCO1. The van der Waals surface area contributed by atoms with E-state index in [0.717, 1.165) is 19.6 Å². The fourth-order valence-electron chi connectivity index (χ4n) is 1.79. The van der Waals surface area contributed by atoms with E-state index >= 15 is 0 Å². The molecule has 0 bridgehead atoms. The molecular formula is C12H23NO. The van der Waals surface area contributed by atoms with Gasteiger partial charge >= 0.3 is 0 Å². The van der Waals surface area contributed by atoms with Crippen LogP contribution < -0.4 is 5.32 Å². The van der Waals surface area contributed by atoms with Gasteiger partial charge in [-0.15, -0.1) is 6.58 Å². The van der Waals surface area contributed by atoms with Gasteiger partial charge in [0.25, 0.3) is 0 Å². The lowest BCUT2D eigenvalue weighted by Gasteiger charge is -2.21. The monoisotopic (exact) mass is 197 g/mol. The molecule has 1 fully saturated rings. The lowest BCUT2D eigenvalue weighted by atomic mass is 10.00. The molecule has 1 rings (SSSR count). The third-order valence-corrected chi connectivity index (χ3v) is 3.08. The van der Waals surface area contributed by atoms with Crippen molar-refractivity contribution in [3.05, 3.63) is 12.7 Å². The summed E-state index contributed by atoms with van der Waals surface area (Å²) in [7, 11) is 0. The van der Waals surface area contributed by atoms with Crippen LogP contribution in [0.2, 0.25) is 0 Å². The van der Waals surface area contributed by atoms with Gasteiger partial charge in [0.2, 0.25) is 0 Å². The Kier molecular flexibility index (Phi) is 5.20. The minimum Gasteiger partial charge on any atom is -0.377 e. The average molecular weight is 197 g/mol. The molecule has 1 aliphatic rings. The van der Waals surface area contributed by atoms with Crippen molar-refractivity contribution in [3.8, 4) is 0 Å². The molecule has 0 spiro atoms. The number of rotatable bonds is 6. The highest BCUT2D eigenvalue weighted by Crippen LogP contribution is 2.12. The number of nitrogens with one attached hydrogen (secondary N) is 1. The van der Waals surface area contributed by atoms with E-state index in [1.165, 1.54) is 12.8 Å². The Bertz CT molecular complexity index is 164. The van der Waals surface area contributed by atoms with Crippen molar-refractivity contribution in [1.29, 1.82) is 0 Å². The van der Waals surface area contributed by atoms with Crippen molar-refractivity contribution in [1.82, 2.24) is 5.32 Å². The van der Waals surface area contributed by atoms with Gasteiger partial charge in [-0.05, 0) is 32.1 Å². The Labute approximate surface area is 87.7 Å². The smallest absolute Gasteiger partial charge is 0.0700 e. The third-order valence-electron chi connectivity index (χ3n) is 3.08. The van der Waals surface area contributed by atoms with Gasteiger partial charge in [0, 0.05) is 19.2 Å². The summed E-state index contributed by atoms with van der Waals surface area (Å²) in [6, 6.07) is 0.553. The van der Waals surface area contributed by atoms with Crippen LogP contribution in [0, 0.1) is 5.92 Å². The van der Waals surface area contributed by atoms with Gasteiger partial charge in [-0.25, -0.2) is 0 Å². The summed E-state index contributed by atoms with van der Waals surface area (Å²) < 4.78 is 5.56. The van der Waals surface area contributed by atoms with E-state index in [1.54, 1.807) is 0 Å². The van der Waals surface area contributed by atoms with Gasteiger partial charge in [-0.2, -0.15) is 0 Å². The van der Waals surface area contributed by atoms with Gasteiger partial charge in [-0.3, -0.25) is 0 Å². The first-order chi connectivity index (χ1) is 6.74. The maximum Gasteiger partial charge on any atom is 0.0700 e. The van der Waals surface area contributed by atoms with Crippen molar-refractivity contribution >= 4 is 0 Å². The Morgan fingerprint density at radius 3 is 2.93 bits per heavy atom. The normalized spacial score (nSPS) is 26.0. The third kappa shape index (κ3) is 3.81. The minimum absolute atomic E-state index is 0.452. The summed E-state index contributed by atoms with van der Waals surface area (Å²) in [4.78, 5) is 0. The van der Waals surface area contributed by atoms with Crippen LogP contribution in [0.1, 0.15) is 33.1 Å². The van der Waals surface area contributed by atoms with Gasteiger partial charge in [-0.1, -0.05) is 13.0 Å². The van der Waals surface area contributed by atoms with Crippen molar-refractivity contribution < 1.29 is 4.74 Å². The molecule has 0 aliphatic carbocycles. The zero-order valence-corrected chi connectivity index (χ0v) is 9.46. The molecule has 3 unspecified atom stereocenters. The van der Waals surface area contributed by atoms with Crippen LogP contribution in [-0.4, -0.2) is 25.3 Å². The topological polar surface area (TPSA) is 21.3 Å². The van der Waals surface area contributed by atoms with E-state index in [2.05, 4.69) is 25.7 Å². The highest BCUT2D eigenvalue weighted by atomic mass is 16.5. The summed E-state index contributed by atoms with van der Waals surface area (Å²) in [5.74, 6) is 0.661. The molecule has 2 nitrogen and oxygen atoms in total. The van der Waals surface area contributed by atoms with Crippen molar-refractivity contribution in [2.24, 2.45) is 5.92 Å². The van der Waals surface area contributed by atoms with Gasteiger partial charge in [0.05, 0.1) is 6.10 Å². The van der Waals surface area contributed by atoms with Crippen LogP contribution in [-0.2, 0) is 4.74 Å². The summed E-state index contributed by atoms with van der Waals surface area (Å²) in [6.45, 7) is 10.2. The molecule has 3 atom stereocenters. The number of hydrogen-bond acceptors (Lipinski definition) is 2. The van der Waals surface area contributed by atoms with Gasteiger partial charge in [0.1, 0.15) is 0 Å². The molecule has 2 heteroatoms. The summed E-state index contributed by atoms with van der Waals surface area (Å²) >= 11 is 0. The minimum atomic E-state index is 0.452. The number of ether oxygens (including phenoxy) is 1. The Morgan fingerprint density at radius 1 is 1.57 bits per heavy atom. The first-order valence-electron chi connectivity index (χ1n) is 5.70. The van der Waals surface area contributed by atoms with Crippen LogP contribution >= 0.6 is 0 Å². The zero-order chi connectivity index (χ0) is 10.4. The average Bonchev–Trinajstić information content (AvgIpc) is 2.67. The largest absolute Gasteiger partial charge is 0.377 e. The lowest BCUT2D eigenvalue weighted by molar-refractivity contribution is 0.106. The van der Waals surface area contributed by atoms with Crippen LogP contribution in [0.5, 0.6) is 0 Å². The molecule has 0 saturated carbocycles. The lowest BCUT2D eigenvalue weighted by Crippen LogP contribution is -2.37. The van der Waals surface area contributed by atoms with Crippen molar-refractivity contribution in [2.45, 2.75) is 45.3 Å². The zero-order valence-electron chi connectivity index (χ0n) is 9.46. The maximum atomic E-state index is 5.56. The van der Waals surface area contributed by atoms with Crippen LogP contribution in [0.3, 0.4) is 0 Å². The predicted molar refractivity (Wildman–Crippen MR) is 60.4 cm³/mol. The quantitative estimate of drug-likeness (QED) is 0.660. The molecule has 1 N–H and O–H groups in total. The van der Waals surface area contributed by atoms with Crippen LogP contribution in [0.25, 0.3) is 0 Å². The molecule has 1 saturated heterocycles. The Morgan fingerprint density at radius 2 is 2.36 bits per heavy atom. The van der Waals surface area contributed by atoms with Crippen LogP contribution in [0.15, 0.2) is 12.7 Å².